The van der Waals surface area contributed by atoms with E-state index in [0.29, 0.717) is 30.1 Å². The van der Waals surface area contributed by atoms with E-state index in [1.165, 1.54) is 0 Å². The molecule has 15 heavy (non-hydrogen) atoms. The lowest BCUT2D eigenvalue weighted by Crippen LogP contribution is -2.09. The first-order valence-corrected chi connectivity index (χ1v) is 5.27. The molecule has 0 atom stereocenters. The van der Waals surface area contributed by atoms with Gasteiger partial charge in [-0.05, 0) is 20.8 Å². The summed E-state index contributed by atoms with van der Waals surface area (Å²) in [6.45, 7) is 6.74. The van der Waals surface area contributed by atoms with Crippen molar-refractivity contribution in [3.63, 3.8) is 0 Å². The molecule has 5 heteroatoms. The third kappa shape index (κ3) is 4.44. The molecule has 0 radical (unpaired) electrons. The maximum Gasteiger partial charge on any atom is 0.218 e. The average Bonchev–Trinajstić information content (AvgIpc) is 2.12. The van der Waals surface area contributed by atoms with Crippen molar-refractivity contribution >= 4 is 11.6 Å². The third-order valence-electron chi connectivity index (χ3n) is 1.51. The first kappa shape index (κ1) is 12.2. The largest absolute Gasteiger partial charge is 0.475 e. The minimum Gasteiger partial charge on any atom is -0.475 e. The number of rotatable bonds is 5. The van der Waals surface area contributed by atoms with Gasteiger partial charge in [0, 0.05) is 12.7 Å². The molecule has 0 spiro atoms. The van der Waals surface area contributed by atoms with Crippen LogP contribution in [0, 0.1) is 0 Å². The summed E-state index contributed by atoms with van der Waals surface area (Å²) in [6.07, 6.45) is 0.0657. The lowest BCUT2D eigenvalue weighted by atomic mass is 10.5. The summed E-state index contributed by atoms with van der Waals surface area (Å²) < 4.78 is 10.6. The summed E-state index contributed by atoms with van der Waals surface area (Å²) in [4.78, 5) is 8.20. The Kier molecular flexibility index (Phi) is 4.78. The van der Waals surface area contributed by atoms with Crippen molar-refractivity contribution < 1.29 is 9.47 Å². The third-order valence-corrected chi connectivity index (χ3v) is 1.70. The molecule has 0 saturated heterocycles. The smallest absolute Gasteiger partial charge is 0.218 e. The predicted molar refractivity (Wildman–Crippen MR) is 58.1 cm³/mol. The first-order chi connectivity index (χ1) is 7.11. The number of hydrogen-bond acceptors (Lipinski definition) is 4. The molecule has 0 aliphatic rings. The second-order valence-electron chi connectivity index (χ2n) is 3.25. The van der Waals surface area contributed by atoms with E-state index in [1.54, 1.807) is 6.07 Å². The van der Waals surface area contributed by atoms with Gasteiger partial charge in [0.15, 0.2) is 5.82 Å². The van der Waals surface area contributed by atoms with Crippen molar-refractivity contribution in [3.05, 3.63) is 17.0 Å². The van der Waals surface area contributed by atoms with Gasteiger partial charge in [0.05, 0.1) is 6.10 Å². The van der Waals surface area contributed by atoms with Crippen LogP contribution in [0.2, 0.25) is 5.15 Å². The van der Waals surface area contributed by atoms with Gasteiger partial charge in [0.25, 0.3) is 0 Å². The summed E-state index contributed by atoms with van der Waals surface area (Å²) in [5.41, 5.74) is 0. The second kappa shape index (κ2) is 5.88. The van der Waals surface area contributed by atoms with E-state index in [1.807, 2.05) is 20.8 Å². The zero-order chi connectivity index (χ0) is 11.3. The number of ether oxygens (including phenoxy) is 2. The Morgan fingerprint density at radius 1 is 1.40 bits per heavy atom. The SMILES string of the molecule is CCOCc1nc(Cl)cc(OC(C)C)n1. The second-order valence-corrected chi connectivity index (χ2v) is 3.64. The highest BCUT2D eigenvalue weighted by atomic mass is 35.5. The van der Waals surface area contributed by atoms with Crippen molar-refractivity contribution in [2.24, 2.45) is 0 Å². The molecule has 0 fully saturated rings. The molecular formula is C10H15ClN2O2. The van der Waals surface area contributed by atoms with Crippen LogP contribution >= 0.6 is 11.6 Å². The average molecular weight is 231 g/mol. The Morgan fingerprint density at radius 3 is 2.73 bits per heavy atom. The molecule has 0 aliphatic carbocycles. The van der Waals surface area contributed by atoms with Gasteiger partial charge in [0.2, 0.25) is 5.88 Å². The lowest BCUT2D eigenvalue weighted by molar-refractivity contribution is 0.127. The van der Waals surface area contributed by atoms with Crippen LogP contribution in [0.25, 0.3) is 0 Å². The summed E-state index contributed by atoms with van der Waals surface area (Å²) in [7, 11) is 0. The summed E-state index contributed by atoms with van der Waals surface area (Å²) in [6, 6.07) is 1.59. The highest BCUT2D eigenvalue weighted by Crippen LogP contribution is 2.15. The van der Waals surface area contributed by atoms with Crippen molar-refractivity contribution in [1.29, 1.82) is 0 Å². The first-order valence-electron chi connectivity index (χ1n) is 4.89. The van der Waals surface area contributed by atoms with E-state index < -0.39 is 0 Å². The van der Waals surface area contributed by atoms with E-state index in [0.717, 1.165) is 0 Å². The summed E-state index contributed by atoms with van der Waals surface area (Å²) >= 11 is 5.83. The highest BCUT2D eigenvalue weighted by Gasteiger charge is 2.05. The molecule has 1 aromatic heterocycles. The Hall–Kier alpha value is -0.870. The minimum absolute atomic E-state index is 0.0657. The molecule has 0 amide bonds. The zero-order valence-electron chi connectivity index (χ0n) is 9.16. The molecule has 1 aromatic rings. The molecule has 0 unspecified atom stereocenters. The van der Waals surface area contributed by atoms with E-state index in [4.69, 9.17) is 21.1 Å². The Balaban J connectivity index is 2.75. The van der Waals surface area contributed by atoms with E-state index in [-0.39, 0.29) is 6.10 Å². The Labute approximate surface area is 94.6 Å². The fourth-order valence-corrected chi connectivity index (χ4v) is 1.19. The van der Waals surface area contributed by atoms with Crippen LogP contribution < -0.4 is 4.74 Å². The van der Waals surface area contributed by atoms with Gasteiger partial charge in [-0.1, -0.05) is 11.6 Å². The quantitative estimate of drug-likeness (QED) is 0.729. The number of aromatic nitrogens is 2. The maximum absolute atomic E-state index is 5.83. The molecule has 1 heterocycles. The van der Waals surface area contributed by atoms with Crippen molar-refractivity contribution in [2.75, 3.05) is 6.61 Å². The van der Waals surface area contributed by atoms with E-state index in [2.05, 4.69) is 9.97 Å². The summed E-state index contributed by atoms with van der Waals surface area (Å²) in [5, 5.41) is 0.371. The molecule has 4 nitrogen and oxygen atoms in total. The Morgan fingerprint density at radius 2 is 2.13 bits per heavy atom. The standard InChI is InChI=1S/C10H15ClN2O2/c1-4-14-6-9-12-8(11)5-10(13-9)15-7(2)3/h5,7H,4,6H2,1-3H3. The fourth-order valence-electron chi connectivity index (χ4n) is 1.00. The van der Waals surface area contributed by atoms with Crippen LogP contribution in [0.15, 0.2) is 6.07 Å². The van der Waals surface area contributed by atoms with Crippen molar-refractivity contribution in [1.82, 2.24) is 9.97 Å². The molecule has 0 bridgehead atoms. The van der Waals surface area contributed by atoms with Crippen LogP contribution in [0.5, 0.6) is 5.88 Å². The fraction of sp³-hybridized carbons (Fsp3) is 0.600. The van der Waals surface area contributed by atoms with Crippen molar-refractivity contribution in [3.8, 4) is 5.88 Å². The molecular weight excluding hydrogens is 216 g/mol. The minimum atomic E-state index is 0.0657. The topological polar surface area (TPSA) is 44.2 Å². The monoisotopic (exact) mass is 230 g/mol. The molecule has 0 aromatic carbocycles. The van der Waals surface area contributed by atoms with Crippen LogP contribution in [0.1, 0.15) is 26.6 Å². The van der Waals surface area contributed by atoms with Gasteiger partial charge in [-0.25, -0.2) is 4.98 Å². The highest BCUT2D eigenvalue weighted by molar-refractivity contribution is 6.29. The molecule has 84 valence electrons. The van der Waals surface area contributed by atoms with Crippen LogP contribution in [-0.2, 0) is 11.3 Å². The van der Waals surface area contributed by atoms with E-state index >= 15 is 0 Å². The van der Waals surface area contributed by atoms with E-state index in [9.17, 15) is 0 Å². The van der Waals surface area contributed by atoms with Gasteiger partial charge >= 0.3 is 0 Å². The molecule has 0 N–H and O–H groups in total. The van der Waals surface area contributed by atoms with Crippen LogP contribution in [-0.4, -0.2) is 22.7 Å². The van der Waals surface area contributed by atoms with Gasteiger partial charge < -0.3 is 9.47 Å². The Bertz CT molecular complexity index is 318. The van der Waals surface area contributed by atoms with Gasteiger partial charge in [-0.15, -0.1) is 0 Å². The maximum atomic E-state index is 5.83. The lowest BCUT2D eigenvalue weighted by Gasteiger charge is -2.09. The summed E-state index contributed by atoms with van der Waals surface area (Å²) in [5.74, 6) is 1.03. The van der Waals surface area contributed by atoms with Gasteiger partial charge in [-0.3, -0.25) is 0 Å². The molecule has 0 aliphatic heterocycles. The molecule has 0 saturated carbocycles. The van der Waals surface area contributed by atoms with Crippen molar-refractivity contribution in [2.45, 2.75) is 33.5 Å². The number of halogens is 1. The number of hydrogen-bond donors (Lipinski definition) is 0. The molecule has 1 rings (SSSR count). The number of nitrogens with zero attached hydrogens (tertiary/aromatic N) is 2. The van der Waals surface area contributed by atoms with Gasteiger partial charge in [0.1, 0.15) is 11.8 Å². The zero-order valence-corrected chi connectivity index (χ0v) is 9.91. The van der Waals surface area contributed by atoms with Crippen LogP contribution in [0.4, 0.5) is 0 Å². The van der Waals surface area contributed by atoms with Crippen LogP contribution in [0.3, 0.4) is 0 Å². The van der Waals surface area contributed by atoms with Gasteiger partial charge in [-0.2, -0.15) is 4.98 Å². The predicted octanol–water partition coefficient (Wildman–Crippen LogP) is 2.45. The normalized spacial score (nSPS) is 10.7.